The maximum Gasteiger partial charge on any atom is 0.261 e. The van der Waals surface area contributed by atoms with Crippen LogP contribution in [0.5, 0.6) is 0 Å². The number of sulfonamides is 1. The van der Waals surface area contributed by atoms with Crippen LogP contribution >= 0.6 is 15.9 Å². The van der Waals surface area contributed by atoms with Crippen molar-refractivity contribution in [2.24, 2.45) is 7.05 Å². The van der Waals surface area contributed by atoms with E-state index in [0.717, 1.165) is 22.4 Å². The number of fused-ring (bicyclic) bond motifs is 1. The molecule has 164 valence electrons. The van der Waals surface area contributed by atoms with Gasteiger partial charge in [0.1, 0.15) is 5.82 Å². The molecular formula is C22H25BrN4O3S. The van der Waals surface area contributed by atoms with Gasteiger partial charge in [-0.25, -0.2) is 13.4 Å². The van der Waals surface area contributed by atoms with Crippen LogP contribution in [-0.4, -0.2) is 59.9 Å². The van der Waals surface area contributed by atoms with Crippen LogP contribution in [0.15, 0.2) is 56.6 Å². The summed E-state index contributed by atoms with van der Waals surface area (Å²) < 4.78 is 29.7. The first-order chi connectivity index (χ1) is 14.8. The van der Waals surface area contributed by atoms with E-state index in [4.69, 9.17) is 0 Å². The molecule has 31 heavy (non-hydrogen) atoms. The first kappa shape index (κ1) is 22.1. The Morgan fingerprint density at radius 3 is 2.39 bits per heavy atom. The number of halogens is 1. The Morgan fingerprint density at radius 1 is 1.03 bits per heavy atom. The summed E-state index contributed by atoms with van der Waals surface area (Å²) in [6.07, 6.45) is 0.627. The molecule has 4 rings (SSSR count). The summed E-state index contributed by atoms with van der Waals surface area (Å²) in [5.41, 5.74) is 1.67. The highest BCUT2D eigenvalue weighted by Gasteiger charge is 2.28. The lowest BCUT2D eigenvalue weighted by Crippen LogP contribution is -2.49. The largest absolute Gasteiger partial charge is 0.300 e. The van der Waals surface area contributed by atoms with E-state index in [2.05, 4.69) is 25.8 Å². The van der Waals surface area contributed by atoms with Crippen molar-refractivity contribution >= 4 is 36.9 Å². The second kappa shape index (κ2) is 8.82. The van der Waals surface area contributed by atoms with Crippen LogP contribution in [0.2, 0.25) is 0 Å². The smallest absolute Gasteiger partial charge is 0.261 e. The molecule has 3 aromatic rings. The zero-order valence-electron chi connectivity index (χ0n) is 17.6. The van der Waals surface area contributed by atoms with Gasteiger partial charge >= 0.3 is 0 Å². The van der Waals surface area contributed by atoms with E-state index in [-0.39, 0.29) is 5.56 Å². The highest BCUT2D eigenvalue weighted by atomic mass is 79.9. The molecule has 0 unspecified atom stereocenters. The second-order valence-electron chi connectivity index (χ2n) is 7.86. The van der Waals surface area contributed by atoms with Crippen LogP contribution < -0.4 is 5.56 Å². The standard InChI is InChI=1S/C22H25BrN4O3S/c1-16-3-6-18(7-4-16)31(29,30)27-13-11-26(12-14-27)10-9-21-24-20-8-5-17(23)15-19(20)22(28)25(21)2/h3-8,15H,9-14H2,1-2H3. The molecule has 1 aliphatic rings. The molecule has 0 aliphatic carbocycles. The molecule has 7 nitrogen and oxygen atoms in total. The molecule has 1 saturated heterocycles. The van der Waals surface area contributed by atoms with Gasteiger partial charge in [0, 0.05) is 50.7 Å². The summed E-state index contributed by atoms with van der Waals surface area (Å²) in [6.45, 7) is 4.87. The van der Waals surface area contributed by atoms with Crippen molar-refractivity contribution in [3.8, 4) is 0 Å². The molecule has 2 aromatic carbocycles. The molecule has 0 bridgehead atoms. The van der Waals surface area contributed by atoms with Crippen molar-refractivity contribution in [3.63, 3.8) is 0 Å². The first-order valence-electron chi connectivity index (χ1n) is 10.2. The summed E-state index contributed by atoms with van der Waals surface area (Å²) in [4.78, 5) is 19.9. The van der Waals surface area contributed by atoms with Gasteiger partial charge in [-0.05, 0) is 37.3 Å². The number of piperazine rings is 1. The summed E-state index contributed by atoms with van der Waals surface area (Å²) in [6, 6.07) is 12.5. The highest BCUT2D eigenvalue weighted by Crippen LogP contribution is 2.19. The normalized spacial score (nSPS) is 16.1. The maximum atomic E-state index is 12.9. The summed E-state index contributed by atoms with van der Waals surface area (Å²) in [5, 5.41) is 0.593. The maximum absolute atomic E-state index is 12.9. The average Bonchev–Trinajstić information content (AvgIpc) is 2.76. The Labute approximate surface area is 190 Å². The van der Waals surface area contributed by atoms with Crippen molar-refractivity contribution < 1.29 is 8.42 Å². The van der Waals surface area contributed by atoms with Crippen molar-refractivity contribution in [2.45, 2.75) is 18.2 Å². The van der Waals surface area contributed by atoms with Crippen molar-refractivity contribution in [1.29, 1.82) is 0 Å². The lowest BCUT2D eigenvalue weighted by Gasteiger charge is -2.34. The average molecular weight is 505 g/mol. The molecule has 9 heteroatoms. The van der Waals surface area contributed by atoms with E-state index in [1.54, 1.807) is 34.1 Å². The fourth-order valence-corrected chi connectivity index (χ4v) is 5.61. The zero-order valence-corrected chi connectivity index (χ0v) is 20.0. The first-order valence-corrected chi connectivity index (χ1v) is 12.4. The SMILES string of the molecule is Cc1ccc(S(=O)(=O)N2CCN(CCc3nc4ccc(Br)cc4c(=O)n3C)CC2)cc1. The van der Waals surface area contributed by atoms with Crippen LogP contribution in [0.3, 0.4) is 0 Å². The predicted molar refractivity (Wildman–Crippen MR) is 125 cm³/mol. The van der Waals surface area contributed by atoms with Crippen LogP contribution in [-0.2, 0) is 23.5 Å². The van der Waals surface area contributed by atoms with Gasteiger partial charge in [0.15, 0.2) is 0 Å². The molecule has 2 heterocycles. The van der Waals surface area contributed by atoms with Gasteiger partial charge in [-0.1, -0.05) is 33.6 Å². The van der Waals surface area contributed by atoms with E-state index >= 15 is 0 Å². The predicted octanol–water partition coefficient (Wildman–Crippen LogP) is 2.55. The molecule has 0 radical (unpaired) electrons. The van der Waals surface area contributed by atoms with Gasteiger partial charge in [0.05, 0.1) is 15.8 Å². The van der Waals surface area contributed by atoms with Gasteiger partial charge in [-0.3, -0.25) is 9.36 Å². The summed E-state index contributed by atoms with van der Waals surface area (Å²) in [5.74, 6) is 0.731. The number of nitrogens with zero attached hydrogens (tertiary/aromatic N) is 4. The van der Waals surface area contributed by atoms with Crippen LogP contribution in [0.25, 0.3) is 10.9 Å². The highest BCUT2D eigenvalue weighted by molar-refractivity contribution is 9.10. The number of hydrogen-bond donors (Lipinski definition) is 0. The van der Waals surface area contributed by atoms with Crippen LogP contribution in [0.4, 0.5) is 0 Å². The van der Waals surface area contributed by atoms with Gasteiger partial charge in [0.2, 0.25) is 10.0 Å². The molecule has 1 aromatic heterocycles. The molecule has 0 saturated carbocycles. The van der Waals surface area contributed by atoms with E-state index < -0.39 is 10.0 Å². The molecule has 0 spiro atoms. The number of aromatic nitrogens is 2. The van der Waals surface area contributed by atoms with Gasteiger partial charge in [-0.15, -0.1) is 0 Å². The van der Waals surface area contributed by atoms with Gasteiger partial charge in [0.25, 0.3) is 5.56 Å². The molecule has 0 N–H and O–H groups in total. The molecular weight excluding hydrogens is 480 g/mol. The Kier molecular flexibility index (Phi) is 6.30. The Hall–Kier alpha value is -2.07. The summed E-state index contributed by atoms with van der Waals surface area (Å²) in [7, 11) is -1.72. The molecule has 1 fully saturated rings. The Balaban J connectivity index is 1.41. The minimum atomic E-state index is -3.46. The van der Waals surface area contributed by atoms with E-state index in [0.29, 0.717) is 48.4 Å². The molecule has 0 amide bonds. The quantitative estimate of drug-likeness (QED) is 0.533. The van der Waals surface area contributed by atoms with E-state index in [1.807, 2.05) is 31.2 Å². The number of hydrogen-bond acceptors (Lipinski definition) is 5. The fraction of sp³-hybridized carbons (Fsp3) is 0.364. The Morgan fingerprint density at radius 2 is 1.71 bits per heavy atom. The second-order valence-corrected chi connectivity index (χ2v) is 10.7. The number of rotatable bonds is 5. The minimum Gasteiger partial charge on any atom is -0.300 e. The third kappa shape index (κ3) is 4.59. The Bertz CT molecular complexity index is 1260. The topological polar surface area (TPSA) is 75.5 Å². The minimum absolute atomic E-state index is 0.0599. The zero-order chi connectivity index (χ0) is 22.2. The third-order valence-electron chi connectivity index (χ3n) is 5.77. The van der Waals surface area contributed by atoms with E-state index in [1.165, 1.54) is 0 Å². The fourth-order valence-electron chi connectivity index (χ4n) is 3.82. The van der Waals surface area contributed by atoms with Gasteiger partial charge < -0.3 is 4.90 Å². The van der Waals surface area contributed by atoms with Crippen molar-refractivity contribution in [3.05, 3.63) is 68.7 Å². The van der Waals surface area contributed by atoms with Crippen molar-refractivity contribution in [1.82, 2.24) is 18.8 Å². The van der Waals surface area contributed by atoms with Crippen molar-refractivity contribution in [2.75, 3.05) is 32.7 Å². The lowest BCUT2D eigenvalue weighted by atomic mass is 10.2. The molecule has 1 aliphatic heterocycles. The number of aryl methyl sites for hydroxylation is 1. The third-order valence-corrected chi connectivity index (χ3v) is 8.18. The van der Waals surface area contributed by atoms with Gasteiger partial charge in [-0.2, -0.15) is 4.31 Å². The van der Waals surface area contributed by atoms with Crippen LogP contribution in [0, 0.1) is 6.92 Å². The lowest BCUT2D eigenvalue weighted by molar-refractivity contribution is 0.189. The van der Waals surface area contributed by atoms with E-state index in [9.17, 15) is 13.2 Å². The number of benzene rings is 2. The summed E-state index contributed by atoms with van der Waals surface area (Å²) >= 11 is 3.40. The molecule has 0 atom stereocenters. The van der Waals surface area contributed by atoms with Crippen LogP contribution in [0.1, 0.15) is 11.4 Å². The monoisotopic (exact) mass is 504 g/mol.